The molecule has 1 aliphatic heterocycles. The van der Waals surface area contributed by atoms with Crippen molar-refractivity contribution in [3.05, 3.63) is 58.6 Å². The van der Waals surface area contributed by atoms with E-state index in [1.807, 2.05) is 0 Å². The summed E-state index contributed by atoms with van der Waals surface area (Å²) >= 11 is 5.80. The number of anilines is 2. The number of fused-ring (bicyclic) bond motifs is 1. The summed E-state index contributed by atoms with van der Waals surface area (Å²) in [4.78, 5) is 11.9. The normalized spacial score (nSPS) is 16.8. The molecule has 2 aromatic carbocycles. The van der Waals surface area contributed by atoms with Gasteiger partial charge in [0.2, 0.25) is 0 Å². The van der Waals surface area contributed by atoms with Crippen molar-refractivity contribution in [3.63, 3.8) is 0 Å². The first-order valence-corrected chi connectivity index (χ1v) is 6.24. The molecule has 20 heavy (non-hydrogen) atoms. The SMILES string of the molecule is O=C1Nc2ccc(F)cc2C1Nc1cc(Cl)ccc1F. The third-order valence-electron chi connectivity index (χ3n) is 3.07. The van der Waals surface area contributed by atoms with Gasteiger partial charge in [0.1, 0.15) is 17.7 Å². The van der Waals surface area contributed by atoms with Crippen LogP contribution < -0.4 is 10.6 Å². The zero-order chi connectivity index (χ0) is 14.3. The van der Waals surface area contributed by atoms with Gasteiger partial charge in [-0.3, -0.25) is 4.79 Å². The lowest BCUT2D eigenvalue weighted by atomic mass is 10.1. The molecular weight excluding hydrogens is 286 g/mol. The highest BCUT2D eigenvalue weighted by atomic mass is 35.5. The van der Waals surface area contributed by atoms with Gasteiger partial charge in [0.15, 0.2) is 0 Å². The molecule has 0 aliphatic carbocycles. The van der Waals surface area contributed by atoms with Gasteiger partial charge in [0, 0.05) is 16.3 Å². The standard InChI is InChI=1S/C14H9ClF2N2O/c15-7-1-3-10(17)12(5-7)18-13-9-6-8(16)2-4-11(9)19-14(13)20/h1-6,13,18H,(H,19,20). The highest BCUT2D eigenvalue weighted by Gasteiger charge is 2.31. The predicted molar refractivity (Wildman–Crippen MR) is 72.8 cm³/mol. The largest absolute Gasteiger partial charge is 0.368 e. The maximum atomic E-state index is 13.7. The van der Waals surface area contributed by atoms with Gasteiger partial charge in [-0.05, 0) is 36.4 Å². The highest BCUT2D eigenvalue weighted by molar-refractivity contribution is 6.30. The Morgan fingerprint density at radius 3 is 2.75 bits per heavy atom. The number of hydrogen-bond acceptors (Lipinski definition) is 2. The van der Waals surface area contributed by atoms with E-state index in [9.17, 15) is 13.6 Å². The molecule has 0 saturated carbocycles. The fourth-order valence-electron chi connectivity index (χ4n) is 2.14. The van der Waals surface area contributed by atoms with Gasteiger partial charge in [0.05, 0.1) is 5.69 Å². The monoisotopic (exact) mass is 294 g/mol. The second kappa shape index (κ2) is 4.76. The van der Waals surface area contributed by atoms with Gasteiger partial charge in [-0.2, -0.15) is 0 Å². The van der Waals surface area contributed by atoms with E-state index in [-0.39, 0.29) is 11.6 Å². The minimum Gasteiger partial charge on any atom is -0.368 e. The zero-order valence-electron chi connectivity index (χ0n) is 10.1. The fraction of sp³-hybridized carbons (Fsp3) is 0.0714. The Bertz CT molecular complexity index is 706. The maximum absolute atomic E-state index is 13.7. The number of rotatable bonds is 2. The van der Waals surface area contributed by atoms with Crippen molar-refractivity contribution in [1.82, 2.24) is 0 Å². The maximum Gasteiger partial charge on any atom is 0.251 e. The number of nitrogens with one attached hydrogen (secondary N) is 2. The molecule has 3 nitrogen and oxygen atoms in total. The summed E-state index contributed by atoms with van der Waals surface area (Å²) in [5.74, 6) is -1.37. The molecule has 6 heteroatoms. The van der Waals surface area contributed by atoms with Crippen molar-refractivity contribution in [3.8, 4) is 0 Å². The number of carbonyl (C=O) groups is 1. The molecule has 0 fully saturated rings. The van der Waals surface area contributed by atoms with E-state index in [0.717, 1.165) is 0 Å². The summed E-state index contributed by atoms with van der Waals surface area (Å²) in [7, 11) is 0. The molecule has 0 spiro atoms. The lowest BCUT2D eigenvalue weighted by Crippen LogP contribution is -2.20. The van der Waals surface area contributed by atoms with Crippen molar-refractivity contribution < 1.29 is 13.6 Å². The lowest BCUT2D eigenvalue weighted by molar-refractivity contribution is -0.116. The molecule has 0 aromatic heterocycles. The van der Waals surface area contributed by atoms with Crippen molar-refractivity contribution in [2.75, 3.05) is 10.6 Å². The molecule has 0 saturated heterocycles. The van der Waals surface area contributed by atoms with Crippen LogP contribution in [0.2, 0.25) is 5.02 Å². The van der Waals surface area contributed by atoms with Crippen LogP contribution in [0.15, 0.2) is 36.4 Å². The van der Waals surface area contributed by atoms with E-state index >= 15 is 0 Å². The van der Waals surface area contributed by atoms with Crippen molar-refractivity contribution in [1.29, 1.82) is 0 Å². The predicted octanol–water partition coefficient (Wildman–Crippen LogP) is 3.72. The second-order valence-corrected chi connectivity index (χ2v) is 4.86. The molecule has 1 atom stereocenters. The number of amides is 1. The number of benzene rings is 2. The average Bonchev–Trinajstić information content (AvgIpc) is 2.70. The Morgan fingerprint density at radius 1 is 1.15 bits per heavy atom. The first-order chi connectivity index (χ1) is 9.54. The van der Waals surface area contributed by atoms with Crippen LogP contribution in [0.1, 0.15) is 11.6 Å². The topological polar surface area (TPSA) is 41.1 Å². The van der Waals surface area contributed by atoms with Gasteiger partial charge >= 0.3 is 0 Å². The van der Waals surface area contributed by atoms with Crippen LogP contribution >= 0.6 is 11.6 Å². The molecule has 1 aliphatic rings. The van der Waals surface area contributed by atoms with E-state index in [1.54, 1.807) is 0 Å². The van der Waals surface area contributed by atoms with Crippen LogP contribution in [0, 0.1) is 11.6 Å². The third-order valence-corrected chi connectivity index (χ3v) is 3.31. The molecule has 2 aromatic rings. The summed E-state index contributed by atoms with van der Waals surface area (Å²) in [6.45, 7) is 0. The first-order valence-electron chi connectivity index (χ1n) is 5.86. The van der Waals surface area contributed by atoms with Gasteiger partial charge in [-0.25, -0.2) is 8.78 Å². The molecule has 1 amide bonds. The Morgan fingerprint density at radius 2 is 1.95 bits per heavy atom. The van der Waals surface area contributed by atoms with Crippen LogP contribution in [0.5, 0.6) is 0 Å². The van der Waals surface area contributed by atoms with Crippen LogP contribution in [0.4, 0.5) is 20.2 Å². The molecular formula is C14H9ClF2N2O. The van der Waals surface area contributed by atoms with Crippen LogP contribution in [-0.2, 0) is 4.79 Å². The van der Waals surface area contributed by atoms with Crippen LogP contribution in [0.25, 0.3) is 0 Å². The number of halogens is 3. The van der Waals surface area contributed by atoms with Crippen molar-refractivity contribution >= 4 is 28.9 Å². The minimum absolute atomic E-state index is 0.0924. The highest BCUT2D eigenvalue weighted by Crippen LogP contribution is 2.34. The van der Waals surface area contributed by atoms with E-state index in [2.05, 4.69) is 10.6 Å². The average molecular weight is 295 g/mol. The summed E-state index contributed by atoms with van der Waals surface area (Å²) in [5, 5.41) is 5.69. The Hall–Kier alpha value is -2.14. The fourth-order valence-corrected chi connectivity index (χ4v) is 2.31. The summed E-state index contributed by atoms with van der Waals surface area (Å²) in [6, 6.07) is 7.09. The molecule has 1 unspecified atom stereocenters. The molecule has 2 N–H and O–H groups in total. The van der Waals surface area contributed by atoms with Gasteiger partial charge in [-0.15, -0.1) is 0 Å². The van der Waals surface area contributed by atoms with Gasteiger partial charge < -0.3 is 10.6 Å². The van der Waals surface area contributed by atoms with E-state index in [0.29, 0.717) is 16.3 Å². The van der Waals surface area contributed by atoms with E-state index in [1.165, 1.54) is 36.4 Å². The Balaban J connectivity index is 1.97. The lowest BCUT2D eigenvalue weighted by Gasteiger charge is -2.14. The van der Waals surface area contributed by atoms with Crippen LogP contribution in [-0.4, -0.2) is 5.91 Å². The molecule has 0 bridgehead atoms. The first kappa shape index (κ1) is 12.9. The van der Waals surface area contributed by atoms with Gasteiger partial charge in [0.25, 0.3) is 5.91 Å². The molecule has 0 radical (unpaired) electrons. The van der Waals surface area contributed by atoms with E-state index in [4.69, 9.17) is 11.6 Å². The summed E-state index contributed by atoms with van der Waals surface area (Å²) < 4.78 is 27.0. The molecule has 102 valence electrons. The second-order valence-electron chi connectivity index (χ2n) is 4.42. The molecule has 3 rings (SSSR count). The van der Waals surface area contributed by atoms with Crippen molar-refractivity contribution in [2.45, 2.75) is 6.04 Å². The van der Waals surface area contributed by atoms with E-state index < -0.39 is 17.7 Å². The smallest absolute Gasteiger partial charge is 0.251 e. The minimum atomic E-state index is -0.853. The van der Waals surface area contributed by atoms with Crippen molar-refractivity contribution in [2.24, 2.45) is 0 Å². The number of carbonyl (C=O) groups excluding carboxylic acids is 1. The summed E-state index contributed by atoms with van der Waals surface area (Å²) in [6.07, 6.45) is 0. The third kappa shape index (κ3) is 2.20. The zero-order valence-corrected chi connectivity index (χ0v) is 10.8. The molecule has 1 heterocycles. The quantitative estimate of drug-likeness (QED) is 0.886. The summed E-state index contributed by atoms with van der Waals surface area (Å²) in [5.41, 5.74) is 1.04. The van der Waals surface area contributed by atoms with Crippen LogP contribution in [0.3, 0.4) is 0 Å². The Kier molecular flexibility index (Phi) is 3.06. The number of hydrogen-bond donors (Lipinski definition) is 2. The Labute approximate surface area is 118 Å². The van der Waals surface area contributed by atoms with Gasteiger partial charge in [-0.1, -0.05) is 11.6 Å².